The van der Waals surface area contributed by atoms with Crippen LogP contribution in [-0.4, -0.2) is 13.2 Å². The van der Waals surface area contributed by atoms with Gasteiger partial charge in [0.2, 0.25) is 0 Å². The van der Waals surface area contributed by atoms with Crippen molar-refractivity contribution in [3.8, 4) is 44.9 Å². The smallest absolute Gasteiger partial charge is 0.127 e. The van der Waals surface area contributed by atoms with E-state index in [0.29, 0.717) is 11.8 Å². The van der Waals surface area contributed by atoms with Crippen LogP contribution < -0.4 is 9.47 Å². The van der Waals surface area contributed by atoms with Crippen LogP contribution in [0.3, 0.4) is 0 Å². The summed E-state index contributed by atoms with van der Waals surface area (Å²) in [4.78, 5) is 0. The molecule has 2 saturated carbocycles. The normalized spacial score (nSPS) is 21.6. The average molecular weight is 783 g/mol. The molecule has 2 aliphatic carbocycles. The Labute approximate surface area is 354 Å². The van der Waals surface area contributed by atoms with Crippen LogP contribution >= 0.6 is 0 Å². The molecule has 0 atom stereocenters. The highest BCUT2D eigenvalue weighted by Crippen LogP contribution is 2.47. The van der Waals surface area contributed by atoms with Gasteiger partial charge in [0, 0.05) is 11.1 Å². The van der Waals surface area contributed by atoms with E-state index in [2.05, 4.69) is 123 Å². The van der Waals surface area contributed by atoms with E-state index >= 15 is 0 Å². The van der Waals surface area contributed by atoms with E-state index in [0.717, 1.165) is 60.5 Å². The van der Waals surface area contributed by atoms with Crippen molar-refractivity contribution in [1.29, 1.82) is 0 Å². The summed E-state index contributed by atoms with van der Waals surface area (Å²) in [6.07, 6.45) is 22.0. The molecule has 1 heterocycles. The van der Waals surface area contributed by atoms with E-state index < -0.39 is 0 Å². The molecule has 0 spiro atoms. The summed E-state index contributed by atoms with van der Waals surface area (Å²) in [6, 6.07) is 42.1. The second-order valence-electron chi connectivity index (χ2n) is 18.5. The van der Waals surface area contributed by atoms with Crippen LogP contribution in [0.25, 0.3) is 54.9 Å². The van der Waals surface area contributed by atoms with Crippen molar-refractivity contribution in [1.82, 2.24) is 0 Å². The van der Waals surface area contributed by atoms with Gasteiger partial charge in [0.15, 0.2) is 0 Å². The highest BCUT2D eigenvalue weighted by molar-refractivity contribution is 6.11. The fourth-order valence-corrected chi connectivity index (χ4v) is 11.1. The molecule has 0 saturated heterocycles. The Balaban J connectivity index is 1.05. The molecule has 0 radical (unpaired) electrons. The molecule has 9 rings (SSSR count). The van der Waals surface area contributed by atoms with Crippen molar-refractivity contribution in [3.63, 3.8) is 0 Å². The molecule has 1 aliphatic heterocycles. The molecule has 6 aromatic carbocycles. The molecule has 6 aromatic rings. The number of hydrogen-bond acceptors (Lipinski definition) is 2. The Morgan fingerprint density at radius 2 is 0.797 bits per heavy atom. The molecule has 0 unspecified atom stereocenters. The van der Waals surface area contributed by atoms with Crippen molar-refractivity contribution in [2.24, 2.45) is 11.8 Å². The maximum Gasteiger partial charge on any atom is 0.127 e. The lowest BCUT2D eigenvalue weighted by atomic mass is 9.77. The Morgan fingerprint density at radius 3 is 1.20 bits per heavy atom. The molecular weight excluding hydrogens is 717 g/mol. The minimum atomic E-state index is 0.707. The Hall–Kier alpha value is -4.56. The van der Waals surface area contributed by atoms with Crippen LogP contribution in [0.1, 0.15) is 146 Å². The standard InChI is InChI=1S/C57H66O2/c1-3-10-40-12-16-42(17-13-40)44-20-24-46(25-21-44)48-28-32-52-50(38-48)30-34-54-56(52)57-53-33-29-49(39-51(53)31-35-55(57)59-37-9-7-5-6-8-36-58-54)47-26-22-45(23-27-47)43-18-14-41(11-4-2)15-19-43/h20-35,38-43H,3-19,36-37H2,1-2H3/t40-,41-,42-,43-. The highest BCUT2D eigenvalue weighted by atomic mass is 16.5. The van der Waals surface area contributed by atoms with E-state index in [9.17, 15) is 0 Å². The van der Waals surface area contributed by atoms with Gasteiger partial charge in [-0.3, -0.25) is 0 Å². The van der Waals surface area contributed by atoms with Gasteiger partial charge in [-0.1, -0.05) is 144 Å². The first-order valence-corrected chi connectivity index (χ1v) is 23.7. The van der Waals surface area contributed by atoms with Crippen LogP contribution in [0.4, 0.5) is 0 Å². The number of fused-ring (bicyclic) bond motifs is 7. The molecule has 2 fully saturated rings. The third-order valence-corrected chi connectivity index (χ3v) is 14.5. The SMILES string of the molecule is CCC[C@H]1CC[C@H](c2ccc(-c3ccc4c5c(ccc4c3)OCCCCCCCOc3ccc4cc(-c6ccc([C@H]7CC[C@H](CCC)CC7)cc6)ccc4c3-5)cc2)CC1. The van der Waals surface area contributed by atoms with Gasteiger partial charge in [-0.25, -0.2) is 0 Å². The molecule has 0 amide bonds. The van der Waals surface area contributed by atoms with Crippen molar-refractivity contribution in [2.45, 2.75) is 135 Å². The zero-order valence-electron chi connectivity index (χ0n) is 36.0. The molecule has 0 N–H and O–H groups in total. The monoisotopic (exact) mass is 783 g/mol. The predicted molar refractivity (Wildman–Crippen MR) is 251 cm³/mol. The third-order valence-electron chi connectivity index (χ3n) is 14.5. The summed E-state index contributed by atoms with van der Waals surface area (Å²) in [6.45, 7) is 6.11. The molecule has 0 aromatic heterocycles. The first-order valence-electron chi connectivity index (χ1n) is 23.7. The maximum absolute atomic E-state index is 6.74. The van der Waals surface area contributed by atoms with Gasteiger partial charge < -0.3 is 9.47 Å². The topological polar surface area (TPSA) is 18.5 Å². The lowest BCUT2D eigenvalue weighted by Gasteiger charge is -2.28. The summed E-state index contributed by atoms with van der Waals surface area (Å²) in [5, 5.41) is 4.88. The van der Waals surface area contributed by atoms with Gasteiger partial charge in [0.1, 0.15) is 11.5 Å². The highest BCUT2D eigenvalue weighted by Gasteiger charge is 2.24. The van der Waals surface area contributed by atoms with Crippen LogP contribution in [0, 0.1) is 11.8 Å². The van der Waals surface area contributed by atoms with E-state index in [1.165, 1.54) is 151 Å². The fourth-order valence-electron chi connectivity index (χ4n) is 11.1. The van der Waals surface area contributed by atoms with Crippen molar-refractivity contribution in [2.75, 3.05) is 13.2 Å². The van der Waals surface area contributed by atoms with Crippen LogP contribution in [0.15, 0.2) is 109 Å². The summed E-state index contributed by atoms with van der Waals surface area (Å²) in [5.74, 6) is 5.18. The van der Waals surface area contributed by atoms with E-state index in [4.69, 9.17) is 9.47 Å². The van der Waals surface area contributed by atoms with E-state index in [1.54, 1.807) is 0 Å². The zero-order valence-corrected chi connectivity index (χ0v) is 36.0. The summed E-state index contributed by atoms with van der Waals surface area (Å²) < 4.78 is 13.5. The predicted octanol–water partition coefficient (Wildman–Crippen LogP) is 16.9. The second-order valence-corrected chi connectivity index (χ2v) is 18.5. The zero-order chi connectivity index (χ0) is 40.0. The fraction of sp³-hybridized carbons (Fsp3) is 0.439. The lowest BCUT2D eigenvalue weighted by Crippen LogP contribution is -2.13. The Bertz CT molecular complexity index is 2140. The number of benzene rings is 6. The van der Waals surface area contributed by atoms with Crippen molar-refractivity contribution in [3.05, 3.63) is 120 Å². The van der Waals surface area contributed by atoms with Crippen LogP contribution in [0.5, 0.6) is 11.5 Å². The largest absolute Gasteiger partial charge is 0.493 e. The molecule has 2 heteroatoms. The summed E-state index contributed by atoms with van der Waals surface area (Å²) in [7, 11) is 0. The molecule has 306 valence electrons. The quantitative estimate of drug-likeness (QED) is 0.153. The Kier molecular flexibility index (Phi) is 12.7. The van der Waals surface area contributed by atoms with Gasteiger partial charge >= 0.3 is 0 Å². The minimum Gasteiger partial charge on any atom is -0.493 e. The number of rotatable bonds is 8. The minimum absolute atomic E-state index is 0.707. The molecule has 3 aliphatic rings. The molecular formula is C57H66O2. The third kappa shape index (κ3) is 8.99. The van der Waals surface area contributed by atoms with Gasteiger partial charge in [-0.15, -0.1) is 0 Å². The molecule has 0 bridgehead atoms. The maximum atomic E-state index is 6.74. The summed E-state index contributed by atoms with van der Waals surface area (Å²) >= 11 is 0. The lowest BCUT2D eigenvalue weighted by molar-refractivity contribution is 0.298. The van der Waals surface area contributed by atoms with Gasteiger partial charge in [0.05, 0.1) is 13.2 Å². The number of ether oxygens (including phenoxy) is 2. The van der Waals surface area contributed by atoms with Crippen LogP contribution in [0.2, 0.25) is 0 Å². The number of hydrogen-bond donors (Lipinski definition) is 0. The first kappa shape index (κ1) is 39.9. The second kappa shape index (κ2) is 18.8. The van der Waals surface area contributed by atoms with Crippen LogP contribution in [-0.2, 0) is 0 Å². The van der Waals surface area contributed by atoms with Gasteiger partial charge in [-0.05, 0) is 167 Å². The molecule has 2 nitrogen and oxygen atoms in total. The van der Waals surface area contributed by atoms with Gasteiger partial charge in [-0.2, -0.15) is 0 Å². The average Bonchev–Trinajstić information content (AvgIpc) is 3.30. The van der Waals surface area contributed by atoms with E-state index in [-0.39, 0.29) is 0 Å². The van der Waals surface area contributed by atoms with E-state index in [1.807, 2.05) is 0 Å². The van der Waals surface area contributed by atoms with Crippen molar-refractivity contribution >= 4 is 21.5 Å². The van der Waals surface area contributed by atoms with Crippen molar-refractivity contribution < 1.29 is 9.47 Å². The Morgan fingerprint density at radius 1 is 0.407 bits per heavy atom. The summed E-state index contributed by atoms with van der Waals surface area (Å²) in [5.41, 5.74) is 10.4. The molecule has 59 heavy (non-hydrogen) atoms. The first-order chi connectivity index (χ1) is 29.1. The van der Waals surface area contributed by atoms with Gasteiger partial charge in [0.25, 0.3) is 0 Å².